The Bertz CT molecular complexity index is 825. The molecule has 1 heterocycles. The smallest absolute Gasteiger partial charge is 0.175 e. The average molecular weight is 452 g/mol. The van der Waals surface area contributed by atoms with Crippen molar-refractivity contribution in [1.82, 2.24) is 5.32 Å². The van der Waals surface area contributed by atoms with Crippen molar-refractivity contribution >= 4 is 15.9 Å². The largest absolute Gasteiger partial charge is 0.493 e. The quantitative estimate of drug-likeness (QED) is 0.637. The summed E-state index contributed by atoms with van der Waals surface area (Å²) >= 11 is 3.58. The highest BCUT2D eigenvalue weighted by Crippen LogP contribution is 2.38. The molecule has 2 aromatic carbocycles. The molecule has 0 amide bonds. The maximum atomic E-state index is 9.39. The molecule has 0 spiro atoms. The first kappa shape index (κ1) is 20.8. The number of halogens is 1. The molecule has 0 radical (unpaired) electrons. The summed E-state index contributed by atoms with van der Waals surface area (Å²) < 4.78 is 23.5. The second-order valence-corrected chi connectivity index (χ2v) is 8.13. The Hall–Kier alpha value is -1.96. The summed E-state index contributed by atoms with van der Waals surface area (Å²) in [6.07, 6.45) is 0. The molecule has 0 bridgehead atoms. The Balaban J connectivity index is 1.71. The molecule has 7 heteroatoms. The van der Waals surface area contributed by atoms with E-state index in [0.717, 1.165) is 27.1 Å². The Morgan fingerprint density at radius 1 is 1.11 bits per heavy atom. The maximum absolute atomic E-state index is 9.39. The number of fused-ring (bicyclic) bond motifs is 1. The summed E-state index contributed by atoms with van der Waals surface area (Å²) in [6.45, 7) is 6.06. The molecular weight excluding hydrogens is 426 g/mol. The first-order chi connectivity index (χ1) is 13.4. The number of nitrogens with one attached hydrogen (secondary N) is 1. The van der Waals surface area contributed by atoms with Crippen molar-refractivity contribution in [3.05, 3.63) is 45.9 Å². The van der Waals surface area contributed by atoms with Gasteiger partial charge in [0.25, 0.3) is 0 Å². The molecule has 3 rings (SSSR count). The highest BCUT2D eigenvalue weighted by molar-refractivity contribution is 9.10. The maximum Gasteiger partial charge on any atom is 0.175 e. The summed E-state index contributed by atoms with van der Waals surface area (Å²) in [4.78, 5) is 0. The van der Waals surface area contributed by atoms with Crippen molar-refractivity contribution in [2.75, 3.05) is 26.9 Å². The fourth-order valence-electron chi connectivity index (χ4n) is 2.75. The monoisotopic (exact) mass is 451 g/mol. The lowest BCUT2D eigenvalue weighted by Gasteiger charge is -2.24. The van der Waals surface area contributed by atoms with Crippen LogP contribution in [0, 0.1) is 0 Å². The van der Waals surface area contributed by atoms with E-state index in [1.807, 2.05) is 44.2 Å². The number of benzene rings is 2. The Labute approximate surface area is 173 Å². The van der Waals surface area contributed by atoms with E-state index in [1.54, 1.807) is 7.11 Å². The Morgan fingerprint density at radius 3 is 2.57 bits per heavy atom. The van der Waals surface area contributed by atoms with Crippen LogP contribution >= 0.6 is 15.9 Å². The zero-order chi connectivity index (χ0) is 20.1. The third kappa shape index (κ3) is 5.10. The number of rotatable bonds is 8. The van der Waals surface area contributed by atoms with Gasteiger partial charge in [0.2, 0.25) is 0 Å². The fraction of sp³-hybridized carbons (Fsp3) is 0.429. The molecule has 2 aromatic rings. The zero-order valence-corrected chi connectivity index (χ0v) is 18.0. The van der Waals surface area contributed by atoms with E-state index in [9.17, 15) is 5.11 Å². The van der Waals surface area contributed by atoms with E-state index in [-0.39, 0.29) is 12.1 Å². The van der Waals surface area contributed by atoms with Gasteiger partial charge in [0, 0.05) is 12.1 Å². The van der Waals surface area contributed by atoms with Crippen LogP contribution in [0.1, 0.15) is 25.0 Å². The van der Waals surface area contributed by atoms with Gasteiger partial charge in [-0.15, -0.1) is 0 Å². The topological polar surface area (TPSA) is 69.2 Å². The third-order valence-corrected chi connectivity index (χ3v) is 5.03. The minimum absolute atomic E-state index is 0.0576. The number of hydrogen-bond donors (Lipinski definition) is 2. The number of aliphatic hydroxyl groups is 1. The van der Waals surface area contributed by atoms with Gasteiger partial charge in [-0.3, -0.25) is 0 Å². The number of hydrogen-bond acceptors (Lipinski definition) is 6. The second-order valence-electron chi connectivity index (χ2n) is 7.27. The predicted octanol–water partition coefficient (Wildman–Crippen LogP) is 3.67. The van der Waals surface area contributed by atoms with E-state index in [2.05, 4.69) is 21.2 Å². The minimum atomic E-state index is -0.354. The lowest BCUT2D eigenvalue weighted by atomic mass is 10.1. The molecule has 2 N–H and O–H groups in total. The summed E-state index contributed by atoms with van der Waals surface area (Å²) in [5.41, 5.74) is 1.65. The zero-order valence-electron chi connectivity index (χ0n) is 16.4. The van der Waals surface area contributed by atoms with Crippen LogP contribution in [0.5, 0.6) is 23.0 Å². The lowest BCUT2D eigenvalue weighted by Crippen LogP contribution is -2.42. The summed E-state index contributed by atoms with van der Waals surface area (Å²) in [7, 11) is 1.62. The average Bonchev–Trinajstić information content (AvgIpc) is 2.71. The normalized spacial score (nSPS) is 13.3. The van der Waals surface area contributed by atoms with Crippen LogP contribution in [0.2, 0.25) is 0 Å². The first-order valence-corrected chi connectivity index (χ1v) is 9.95. The molecule has 6 nitrogen and oxygen atoms in total. The molecule has 28 heavy (non-hydrogen) atoms. The van der Waals surface area contributed by atoms with E-state index < -0.39 is 0 Å². The van der Waals surface area contributed by atoms with Gasteiger partial charge < -0.3 is 29.4 Å². The molecule has 0 atom stereocenters. The molecule has 0 aliphatic carbocycles. The summed E-state index contributed by atoms with van der Waals surface area (Å²) in [5.74, 6) is 2.79. The molecule has 0 saturated heterocycles. The molecule has 0 unspecified atom stereocenters. The van der Waals surface area contributed by atoms with Crippen molar-refractivity contribution in [3.8, 4) is 23.0 Å². The van der Waals surface area contributed by atoms with Gasteiger partial charge in [-0.1, -0.05) is 6.07 Å². The first-order valence-electron chi connectivity index (χ1n) is 9.15. The van der Waals surface area contributed by atoms with E-state index in [1.165, 1.54) is 0 Å². The van der Waals surface area contributed by atoms with Gasteiger partial charge >= 0.3 is 0 Å². The van der Waals surface area contributed by atoms with Crippen molar-refractivity contribution in [1.29, 1.82) is 0 Å². The van der Waals surface area contributed by atoms with Crippen molar-refractivity contribution in [2.45, 2.75) is 32.5 Å². The van der Waals surface area contributed by atoms with E-state index in [0.29, 0.717) is 37.9 Å². The number of methoxy groups -OCH3 is 1. The Kier molecular flexibility index (Phi) is 6.69. The van der Waals surface area contributed by atoms with Gasteiger partial charge in [-0.05, 0) is 65.2 Å². The van der Waals surface area contributed by atoms with Crippen LogP contribution in [0.25, 0.3) is 0 Å². The second kappa shape index (κ2) is 9.03. The van der Waals surface area contributed by atoms with Crippen molar-refractivity contribution in [3.63, 3.8) is 0 Å². The van der Waals surface area contributed by atoms with Crippen LogP contribution in [0.4, 0.5) is 0 Å². The third-order valence-electron chi connectivity index (χ3n) is 4.45. The predicted molar refractivity (Wildman–Crippen MR) is 110 cm³/mol. The SMILES string of the molecule is COc1cc(CNC(C)(C)CO)cc(Br)c1OCc1ccc2c(c1)OCCO2. The number of aliphatic hydroxyl groups excluding tert-OH is 1. The Morgan fingerprint density at radius 2 is 1.86 bits per heavy atom. The molecule has 1 aliphatic heterocycles. The molecule has 0 fully saturated rings. The van der Waals surface area contributed by atoms with Gasteiger partial charge in [0.05, 0.1) is 18.2 Å². The van der Waals surface area contributed by atoms with Gasteiger partial charge in [-0.25, -0.2) is 0 Å². The minimum Gasteiger partial charge on any atom is -0.493 e. The lowest BCUT2D eigenvalue weighted by molar-refractivity contribution is 0.171. The molecule has 0 aromatic heterocycles. The van der Waals surface area contributed by atoms with Gasteiger partial charge in [0.1, 0.15) is 19.8 Å². The molecular formula is C21H26BrNO5. The van der Waals surface area contributed by atoms with Crippen molar-refractivity contribution in [2.24, 2.45) is 0 Å². The van der Waals surface area contributed by atoms with Gasteiger partial charge in [0.15, 0.2) is 23.0 Å². The fourth-order valence-corrected chi connectivity index (χ4v) is 3.35. The van der Waals surface area contributed by atoms with E-state index in [4.69, 9.17) is 18.9 Å². The molecule has 1 aliphatic rings. The molecule has 152 valence electrons. The van der Waals surface area contributed by atoms with E-state index >= 15 is 0 Å². The van der Waals surface area contributed by atoms with Crippen LogP contribution < -0.4 is 24.3 Å². The summed E-state index contributed by atoms with van der Waals surface area (Å²) in [6, 6.07) is 9.72. The van der Waals surface area contributed by atoms with Gasteiger partial charge in [-0.2, -0.15) is 0 Å². The standard InChI is InChI=1S/C21H26BrNO5/c1-21(2,13-24)23-11-15-8-16(22)20(19(10-15)25-3)28-12-14-4-5-17-18(9-14)27-7-6-26-17/h4-5,8-10,23-24H,6-7,11-13H2,1-3H3. The highest BCUT2D eigenvalue weighted by atomic mass is 79.9. The van der Waals surface area contributed by atoms with Crippen LogP contribution in [-0.4, -0.2) is 37.6 Å². The van der Waals surface area contributed by atoms with Crippen LogP contribution in [0.3, 0.4) is 0 Å². The van der Waals surface area contributed by atoms with Crippen LogP contribution in [0.15, 0.2) is 34.8 Å². The highest BCUT2D eigenvalue weighted by Gasteiger charge is 2.18. The number of ether oxygens (including phenoxy) is 4. The molecule has 0 saturated carbocycles. The summed E-state index contributed by atoms with van der Waals surface area (Å²) in [5, 5.41) is 12.7. The van der Waals surface area contributed by atoms with Crippen LogP contribution in [-0.2, 0) is 13.2 Å². The van der Waals surface area contributed by atoms with Crippen molar-refractivity contribution < 1.29 is 24.1 Å².